The Hall–Kier alpha value is -3.93. The van der Waals surface area contributed by atoms with Crippen molar-refractivity contribution >= 4 is 29.7 Å². The molecule has 0 aromatic heterocycles. The minimum absolute atomic E-state index is 0.0315. The Morgan fingerprint density at radius 3 is 2.48 bits per heavy atom. The summed E-state index contributed by atoms with van der Waals surface area (Å²) in [6.45, 7) is 2.40. The summed E-state index contributed by atoms with van der Waals surface area (Å²) in [5.41, 5.74) is 0.839. The van der Waals surface area contributed by atoms with Gasteiger partial charge >= 0.3 is 5.97 Å². The van der Waals surface area contributed by atoms with Crippen LogP contribution < -0.4 is 10.7 Å². The molecule has 8 atom stereocenters. The fourth-order valence-corrected chi connectivity index (χ4v) is 10.2. The van der Waals surface area contributed by atoms with E-state index in [1.54, 1.807) is 30.5 Å². The van der Waals surface area contributed by atoms with Crippen LogP contribution in [0.2, 0.25) is 0 Å². The Labute approximate surface area is 278 Å². The standard InChI is InChI=1S/C37H42FN3O7/c1-34-13-10-29-30(37(34,47)16-12-28(34)24-18-31(43)48-20-24)11-15-36(46)19-27(42)9-14-35(29,36)21-39-41-33(45)23-3-2-4-26(17-23)40-32(44)22-5-7-25(38)8-6-22/h2-8,17-18,21,27-30,42,46-47H,9-16,19-20H2,1H3,(H,40,44)(H,41,45)/b39-21+/t27-,28-,29+,30-,34-,35+,36+,37+/m1/s1. The molecule has 1 heterocycles. The maximum absolute atomic E-state index is 13.3. The molecule has 4 fully saturated rings. The molecule has 4 aliphatic carbocycles. The van der Waals surface area contributed by atoms with Crippen molar-refractivity contribution in [3.05, 3.63) is 77.1 Å². The van der Waals surface area contributed by atoms with Gasteiger partial charge in [0.25, 0.3) is 11.8 Å². The summed E-state index contributed by atoms with van der Waals surface area (Å²) < 4.78 is 18.5. The lowest BCUT2D eigenvalue weighted by Gasteiger charge is -2.65. The number of esters is 1. The van der Waals surface area contributed by atoms with Crippen LogP contribution >= 0.6 is 0 Å². The fourth-order valence-electron chi connectivity index (χ4n) is 10.2. The number of fused-ring (bicyclic) bond motifs is 5. The first-order chi connectivity index (χ1) is 22.9. The Kier molecular flexibility index (Phi) is 8.08. The van der Waals surface area contributed by atoms with E-state index in [0.29, 0.717) is 44.2 Å². The average Bonchev–Trinajstić information content (AvgIpc) is 3.60. The van der Waals surface area contributed by atoms with E-state index in [1.165, 1.54) is 30.3 Å². The molecule has 2 aromatic rings. The van der Waals surface area contributed by atoms with Gasteiger partial charge in [0.15, 0.2) is 0 Å². The van der Waals surface area contributed by atoms with Gasteiger partial charge in [-0.3, -0.25) is 9.59 Å². The van der Waals surface area contributed by atoms with Gasteiger partial charge in [-0.1, -0.05) is 13.0 Å². The Morgan fingerprint density at radius 2 is 1.73 bits per heavy atom. The normalized spacial score (nSPS) is 37.2. The number of rotatable bonds is 6. The number of nitrogens with zero attached hydrogens (tertiary/aromatic N) is 1. The van der Waals surface area contributed by atoms with Gasteiger partial charge in [-0.2, -0.15) is 5.10 Å². The van der Waals surface area contributed by atoms with Crippen molar-refractivity contribution in [3.63, 3.8) is 0 Å². The molecule has 2 aromatic carbocycles. The molecule has 2 amide bonds. The quantitative estimate of drug-likeness (QED) is 0.174. The predicted octanol–water partition coefficient (Wildman–Crippen LogP) is 4.51. The summed E-state index contributed by atoms with van der Waals surface area (Å²) in [5.74, 6) is -1.99. The zero-order valence-corrected chi connectivity index (χ0v) is 27.0. The second-order valence-corrected chi connectivity index (χ2v) is 14.8. The van der Waals surface area contributed by atoms with Crippen LogP contribution in [-0.2, 0) is 9.53 Å². The van der Waals surface area contributed by atoms with Crippen LogP contribution in [0.15, 0.2) is 65.3 Å². The number of ether oxygens (including phenoxy) is 1. The Bertz CT molecular complexity index is 1700. The highest BCUT2D eigenvalue weighted by Crippen LogP contribution is 2.70. The molecule has 5 N–H and O–H groups in total. The second kappa shape index (κ2) is 11.9. The van der Waals surface area contributed by atoms with Crippen molar-refractivity contribution in [2.75, 3.05) is 11.9 Å². The minimum atomic E-state index is -1.26. The van der Waals surface area contributed by atoms with Gasteiger partial charge in [0.05, 0.1) is 17.3 Å². The molecule has 0 unspecified atom stereocenters. The number of hydrogen-bond acceptors (Lipinski definition) is 8. The smallest absolute Gasteiger partial charge is 0.331 e. The van der Waals surface area contributed by atoms with E-state index < -0.39 is 45.8 Å². The van der Waals surface area contributed by atoms with Crippen LogP contribution in [0.4, 0.5) is 10.1 Å². The second-order valence-electron chi connectivity index (χ2n) is 14.8. The van der Waals surface area contributed by atoms with Gasteiger partial charge < -0.3 is 25.4 Å². The van der Waals surface area contributed by atoms with Crippen LogP contribution in [0, 0.1) is 34.4 Å². The number of carbonyl (C=O) groups excluding carboxylic acids is 3. The molecule has 10 nitrogen and oxygen atoms in total. The highest BCUT2D eigenvalue weighted by molar-refractivity contribution is 6.05. The monoisotopic (exact) mass is 659 g/mol. The molecule has 0 saturated heterocycles. The van der Waals surface area contributed by atoms with Crippen molar-refractivity contribution in [2.24, 2.45) is 33.7 Å². The Morgan fingerprint density at radius 1 is 0.958 bits per heavy atom. The first-order valence-electron chi connectivity index (χ1n) is 16.9. The maximum atomic E-state index is 13.3. The van der Waals surface area contributed by atoms with Crippen molar-refractivity contribution in [3.8, 4) is 0 Å². The van der Waals surface area contributed by atoms with E-state index in [4.69, 9.17) is 4.74 Å². The summed E-state index contributed by atoms with van der Waals surface area (Å²) in [6.07, 6.45) is 7.43. The maximum Gasteiger partial charge on any atom is 0.331 e. The van der Waals surface area contributed by atoms with Gasteiger partial charge in [-0.25, -0.2) is 14.6 Å². The van der Waals surface area contributed by atoms with Gasteiger partial charge in [-0.05, 0) is 117 Å². The molecule has 5 aliphatic rings. The predicted molar refractivity (Wildman–Crippen MR) is 174 cm³/mol. The van der Waals surface area contributed by atoms with E-state index in [2.05, 4.69) is 22.8 Å². The first-order valence-corrected chi connectivity index (χ1v) is 16.9. The van der Waals surface area contributed by atoms with Gasteiger partial charge in [0.2, 0.25) is 0 Å². The number of halogens is 1. The Balaban J connectivity index is 1.12. The summed E-state index contributed by atoms with van der Waals surface area (Å²) in [7, 11) is 0. The van der Waals surface area contributed by atoms with Gasteiger partial charge in [0.1, 0.15) is 12.4 Å². The average molecular weight is 660 g/mol. The number of hydrogen-bond donors (Lipinski definition) is 5. The lowest BCUT2D eigenvalue weighted by atomic mass is 9.41. The van der Waals surface area contributed by atoms with Crippen molar-refractivity contribution < 1.29 is 38.8 Å². The molecule has 0 radical (unpaired) electrons. The fraction of sp³-hybridized carbons (Fsp3) is 0.514. The number of amides is 2. The topological polar surface area (TPSA) is 158 Å². The molecular formula is C37H42FN3O7. The number of aliphatic hydroxyl groups is 3. The summed E-state index contributed by atoms with van der Waals surface area (Å²) in [6, 6.07) is 11.5. The third-order valence-corrected chi connectivity index (χ3v) is 12.6. The number of benzene rings is 2. The van der Waals surface area contributed by atoms with Crippen molar-refractivity contribution in [1.82, 2.24) is 5.43 Å². The summed E-state index contributed by atoms with van der Waals surface area (Å²) in [4.78, 5) is 37.8. The van der Waals surface area contributed by atoms with Crippen molar-refractivity contribution in [1.29, 1.82) is 0 Å². The largest absolute Gasteiger partial charge is 0.458 e. The van der Waals surface area contributed by atoms with E-state index in [9.17, 15) is 34.1 Å². The number of hydrazone groups is 1. The van der Waals surface area contributed by atoms with Crippen LogP contribution in [0.5, 0.6) is 0 Å². The lowest BCUT2D eigenvalue weighted by molar-refractivity contribution is -0.237. The number of aliphatic hydroxyl groups excluding tert-OH is 1. The molecule has 254 valence electrons. The highest BCUT2D eigenvalue weighted by atomic mass is 19.1. The minimum Gasteiger partial charge on any atom is -0.458 e. The van der Waals surface area contributed by atoms with Crippen molar-refractivity contribution in [2.45, 2.75) is 82.0 Å². The third kappa shape index (κ3) is 5.18. The zero-order valence-electron chi connectivity index (χ0n) is 27.0. The molecule has 0 bridgehead atoms. The number of nitrogens with one attached hydrogen (secondary N) is 2. The van der Waals surface area contributed by atoms with Gasteiger partial charge in [-0.15, -0.1) is 0 Å². The SMILES string of the molecule is C[C@]12CC[C@H]3[C@@H](CC[C@]4(O)C[C@H](O)CC[C@]34/C=N/NC(=O)c3cccc(NC(=O)c4ccc(F)cc4)c3)[C@@]1(O)CC[C@@H]2C1=CC(=O)OC1. The zero-order chi connectivity index (χ0) is 33.9. The number of carbonyl (C=O) groups is 3. The molecule has 7 rings (SSSR count). The van der Waals surface area contributed by atoms with Crippen LogP contribution in [-0.4, -0.2) is 63.2 Å². The van der Waals surface area contributed by atoms with E-state index in [-0.39, 0.29) is 47.9 Å². The molecular weight excluding hydrogens is 617 g/mol. The first kappa shape index (κ1) is 32.6. The van der Waals surface area contributed by atoms with E-state index in [1.807, 2.05) is 0 Å². The van der Waals surface area contributed by atoms with E-state index >= 15 is 0 Å². The van der Waals surface area contributed by atoms with Crippen LogP contribution in [0.3, 0.4) is 0 Å². The van der Waals surface area contributed by atoms with Crippen LogP contribution in [0.25, 0.3) is 0 Å². The van der Waals surface area contributed by atoms with E-state index in [0.717, 1.165) is 18.4 Å². The number of anilines is 1. The van der Waals surface area contributed by atoms with Crippen LogP contribution in [0.1, 0.15) is 85.4 Å². The molecule has 4 saturated carbocycles. The summed E-state index contributed by atoms with van der Waals surface area (Å²) >= 11 is 0. The molecule has 11 heteroatoms. The number of cyclic esters (lactones) is 1. The molecule has 48 heavy (non-hydrogen) atoms. The molecule has 1 aliphatic heterocycles. The highest BCUT2D eigenvalue weighted by Gasteiger charge is 2.71. The van der Waals surface area contributed by atoms with Gasteiger partial charge in [0, 0.05) is 46.4 Å². The lowest BCUT2D eigenvalue weighted by Crippen LogP contribution is -2.68. The summed E-state index contributed by atoms with van der Waals surface area (Å²) in [5, 5.41) is 42.6. The third-order valence-electron chi connectivity index (χ3n) is 12.6. The molecule has 0 spiro atoms.